The van der Waals surface area contributed by atoms with Crippen molar-refractivity contribution in [3.05, 3.63) is 53.6 Å². The molecule has 0 fully saturated rings. The van der Waals surface area contributed by atoms with Crippen LogP contribution in [0, 0.1) is 0 Å². The smallest absolute Gasteiger partial charge is 0.545 e. The molecule has 2 aromatic carbocycles. The molecule has 2 rings (SSSR count). The Hall–Kier alpha value is -3.02. The number of hydrogen-bond donors (Lipinski definition) is 2. The van der Waals surface area contributed by atoms with Crippen LogP contribution >= 0.6 is 0 Å². The summed E-state index contributed by atoms with van der Waals surface area (Å²) in [4.78, 5) is 31.3. The Labute approximate surface area is 153 Å². The number of benzene rings is 2. The molecule has 1 radical (unpaired) electrons. The van der Waals surface area contributed by atoms with Crippen LogP contribution < -0.4 is 20.7 Å². The molecular weight excluding hydrogens is 345 g/mol. The number of nitrogens with two attached hydrogens (primary N) is 1. The summed E-state index contributed by atoms with van der Waals surface area (Å²) in [6.45, 7) is 1.20. The molecule has 0 bridgehead atoms. The van der Waals surface area contributed by atoms with Gasteiger partial charge in [0.2, 0.25) is 0 Å². The van der Waals surface area contributed by atoms with E-state index in [1.54, 1.807) is 6.07 Å². The first-order valence-electron chi connectivity index (χ1n) is 6.51. The molecule has 0 aliphatic rings. The molecule has 0 heterocycles. The maximum atomic E-state index is 10.6. The van der Waals surface area contributed by atoms with Gasteiger partial charge in [-0.2, -0.15) is 0 Å². The van der Waals surface area contributed by atoms with E-state index in [9.17, 15) is 24.6 Å². The summed E-state index contributed by atoms with van der Waals surface area (Å²) in [6, 6.07) is 9.54. The normalized spacial score (nSPS) is 9.00. The first-order chi connectivity index (χ1) is 11.2. The Kier molecular flexibility index (Phi) is 8.77. The molecule has 0 spiro atoms. The van der Waals surface area contributed by atoms with Crippen LogP contribution in [0.3, 0.4) is 0 Å². The van der Waals surface area contributed by atoms with Crippen molar-refractivity contribution in [1.82, 2.24) is 0 Å². The van der Waals surface area contributed by atoms with E-state index in [0.29, 0.717) is 5.69 Å². The van der Waals surface area contributed by atoms with Crippen LogP contribution in [-0.2, 0) is 4.79 Å². The maximum Gasteiger partial charge on any atom is 2.00 e. The van der Waals surface area contributed by atoms with Gasteiger partial charge in [-0.25, -0.2) is 0 Å². The van der Waals surface area contributed by atoms with Crippen molar-refractivity contribution in [3.8, 4) is 11.5 Å². The van der Waals surface area contributed by atoms with Crippen LogP contribution in [0.4, 0.5) is 5.69 Å². The molecule has 8 nitrogen and oxygen atoms in total. The molecule has 0 amide bonds. The molecule has 0 atom stereocenters. The van der Waals surface area contributed by atoms with Gasteiger partial charge in [-0.05, 0) is 24.3 Å². The molecule has 0 aliphatic heterocycles. The Morgan fingerprint density at radius 2 is 1.56 bits per heavy atom. The number of phenols is 1. The average molecular weight is 358 g/mol. The number of rotatable bonds is 3. The summed E-state index contributed by atoms with van der Waals surface area (Å²) in [5.41, 5.74) is 5.19. The fraction of sp³-hybridized carbons (Fsp3) is 0.0625. The molecule has 127 valence electrons. The van der Waals surface area contributed by atoms with Gasteiger partial charge in [0.05, 0.1) is 11.9 Å². The fourth-order valence-corrected chi connectivity index (χ4v) is 1.60. The number of nitrogen functional groups attached to an aromatic ring is 1. The standard InChI is InChI=1S/C9H8O4.C7H7NO3.Al/c1-6(10)13-8-5-3-2-4-7(8)9(11)12;8-4-1-2-5(7(10)11)6(9)3-4;/h2-5H,1H3,(H,11,12);1-3,9H,8H2,(H,10,11);/q;;+2/p-2. The summed E-state index contributed by atoms with van der Waals surface area (Å²) in [6.07, 6.45) is 0. The third-order valence-corrected chi connectivity index (χ3v) is 2.60. The van der Waals surface area contributed by atoms with Crippen molar-refractivity contribution in [2.24, 2.45) is 0 Å². The van der Waals surface area contributed by atoms with Crippen LogP contribution in [0.15, 0.2) is 42.5 Å². The predicted octanol–water partition coefficient (Wildman–Crippen LogP) is -1.07. The molecular formula is C16H13AlNO7. The van der Waals surface area contributed by atoms with Gasteiger partial charge in [0.25, 0.3) is 0 Å². The zero-order chi connectivity index (χ0) is 18.3. The summed E-state index contributed by atoms with van der Waals surface area (Å²) < 4.78 is 4.65. The molecule has 0 saturated heterocycles. The number of carbonyl (C=O) groups excluding carboxylic acids is 3. The van der Waals surface area contributed by atoms with Gasteiger partial charge in [0, 0.05) is 29.8 Å². The number of anilines is 1. The number of carbonyl (C=O) groups is 3. The van der Waals surface area contributed by atoms with Crippen molar-refractivity contribution < 1.29 is 34.4 Å². The van der Waals surface area contributed by atoms with Crippen molar-refractivity contribution in [1.29, 1.82) is 0 Å². The van der Waals surface area contributed by atoms with E-state index in [1.807, 2.05) is 0 Å². The van der Waals surface area contributed by atoms with E-state index < -0.39 is 17.9 Å². The maximum absolute atomic E-state index is 10.6. The van der Waals surface area contributed by atoms with E-state index in [2.05, 4.69) is 4.74 Å². The van der Waals surface area contributed by atoms with E-state index in [0.717, 1.165) is 6.07 Å². The summed E-state index contributed by atoms with van der Waals surface area (Å²) >= 11 is 0. The summed E-state index contributed by atoms with van der Waals surface area (Å²) in [5, 5.41) is 29.7. The zero-order valence-corrected chi connectivity index (χ0v) is 14.2. The molecule has 0 saturated carbocycles. The number of carboxylic acid groups (broad SMARTS) is 2. The van der Waals surface area contributed by atoms with E-state index in [1.165, 1.54) is 37.3 Å². The second kappa shape index (κ2) is 9.97. The second-order valence-corrected chi connectivity index (χ2v) is 4.44. The molecule has 25 heavy (non-hydrogen) atoms. The van der Waals surface area contributed by atoms with Gasteiger partial charge >= 0.3 is 23.3 Å². The van der Waals surface area contributed by atoms with Crippen LogP contribution in [0.2, 0.25) is 0 Å². The SMILES string of the molecule is CC(=O)Oc1ccccc1C(=O)[O-].Nc1ccc(C(=O)[O-])c(O)c1.[Al+2]. The largest absolute Gasteiger partial charge is 2.00 e. The second-order valence-electron chi connectivity index (χ2n) is 4.44. The molecule has 0 unspecified atom stereocenters. The van der Waals surface area contributed by atoms with Gasteiger partial charge in [0.1, 0.15) is 11.5 Å². The topological polar surface area (TPSA) is 153 Å². The predicted molar refractivity (Wildman–Crippen MR) is 84.7 cm³/mol. The van der Waals surface area contributed by atoms with E-state index in [4.69, 9.17) is 10.8 Å². The Morgan fingerprint density at radius 3 is 2.04 bits per heavy atom. The molecule has 3 N–H and O–H groups in total. The number of carboxylic acids is 2. The number of para-hydroxylation sites is 1. The number of esters is 1. The molecule has 0 aliphatic carbocycles. The van der Waals surface area contributed by atoms with Crippen LogP contribution in [0.5, 0.6) is 11.5 Å². The Bertz CT molecular complexity index is 777. The minimum Gasteiger partial charge on any atom is -0.545 e. The van der Waals surface area contributed by atoms with Crippen LogP contribution in [0.25, 0.3) is 0 Å². The van der Waals surface area contributed by atoms with Gasteiger partial charge in [0.15, 0.2) is 0 Å². The van der Waals surface area contributed by atoms with Gasteiger partial charge in [-0.15, -0.1) is 0 Å². The van der Waals surface area contributed by atoms with Crippen LogP contribution in [-0.4, -0.2) is 40.4 Å². The minimum absolute atomic E-state index is 0. The number of hydrogen-bond acceptors (Lipinski definition) is 8. The van der Waals surface area contributed by atoms with Gasteiger partial charge in [-0.1, -0.05) is 12.1 Å². The van der Waals surface area contributed by atoms with Crippen molar-refractivity contribution >= 4 is 41.0 Å². The number of ether oxygens (including phenoxy) is 1. The third kappa shape index (κ3) is 6.95. The number of aromatic carboxylic acids is 2. The minimum atomic E-state index is -1.41. The zero-order valence-electron chi connectivity index (χ0n) is 13.1. The van der Waals surface area contributed by atoms with Crippen molar-refractivity contribution in [2.45, 2.75) is 6.92 Å². The van der Waals surface area contributed by atoms with Crippen LogP contribution in [0.1, 0.15) is 27.6 Å². The summed E-state index contributed by atoms with van der Waals surface area (Å²) in [7, 11) is 0. The molecule has 9 heteroatoms. The van der Waals surface area contributed by atoms with Crippen molar-refractivity contribution in [2.75, 3.05) is 5.73 Å². The van der Waals surface area contributed by atoms with E-state index in [-0.39, 0.29) is 40.0 Å². The Morgan fingerprint density at radius 1 is 1.00 bits per heavy atom. The Balaban J connectivity index is 0.000000449. The van der Waals surface area contributed by atoms with Crippen molar-refractivity contribution in [3.63, 3.8) is 0 Å². The van der Waals surface area contributed by atoms with E-state index >= 15 is 0 Å². The first-order valence-corrected chi connectivity index (χ1v) is 6.51. The van der Waals surface area contributed by atoms with Gasteiger partial charge < -0.3 is 35.4 Å². The fourth-order valence-electron chi connectivity index (χ4n) is 1.60. The van der Waals surface area contributed by atoms with Gasteiger partial charge in [-0.3, -0.25) is 4.79 Å². The third-order valence-electron chi connectivity index (χ3n) is 2.60. The number of aromatic hydroxyl groups is 1. The molecule has 0 aromatic heterocycles. The summed E-state index contributed by atoms with van der Waals surface area (Å²) in [5.74, 6) is -3.70. The first kappa shape index (κ1) is 22.0. The monoisotopic (exact) mass is 358 g/mol. The quantitative estimate of drug-likeness (QED) is 0.304. The average Bonchev–Trinajstić information content (AvgIpc) is 2.47. The molecule has 2 aromatic rings.